The average molecular weight is 404 g/mol. The van der Waals surface area contributed by atoms with Crippen LogP contribution in [-0.2, 0) is 31.0 Å². The van der Waals surface area contributed by atoms with Gasteiger partial charge in [-0.25, -0.2) is 13.1 Å². The zero-order valence-electron chi connectivity index (χ0n) is 16.1. The highest BCUT2D eigenvalue weighted by molar-refractivity contribution is 7.89. The molecule has 0 atom stereocenters. The lowest BCUT2D eigenvalue weighted by Crippen LogP contribution is -2.39. The Bertz CT molecular complexity index is 953. The number of carbonyl (C=O) groups excluding carboxylic acids is 2. The van der Waals surface area contributed by atoms with Crippen molar-refractivity contribution in [3.63, 3.8) is 0 Å². The molecule has 150 valence electrons. The summed E-state index contributed by atoms with van der Waals surface area (Å²) in [6.45, 7) is 5.02. The number of amides is 1. The van der Waals surface area contributed by atoms with Gasteiger partial charge in [0.25, 0.3) is 0 Å². The van der Waals surface area contributed by atoms with E-state index in [9.17, 15) is 18.0 Å². The van der Waals surface area contributed by atoms with Crippen LogP contribution in [0.4, 0.5) is 0 Å². The second kappa shape index (κ2) is 9.48. The molecule has 0 aliphatic heterocycles. The van der Waals surface area contributed by atoms with Crippen LogP contribution in [0.3, 0.4) is 0 Å². The number of ether oxygens (including phenoxy) is 1. The smallest absolute Gasteiger partial charge is 0.325 e. The van der Waals surface area contributed by atoms with Gasteiger partial charge < -0.3 is 10.1 Å². The molecule has 0 fully saturated rings. The average Bonchev–Trinajstić information content (AvgIpc) is 2.66. The zero-order valence-corrected chi connectivity index (χ0v) is 16.9. The lowest BCUT2D eigenvalue weighted by atomic mass is 10.1. The van der Waals surface area contributed by atoms with E-state index in [2.05, 4.69) is 10.0 Å². The van der Waals surface area contributed by atoms with E-state index in [0.717, 1.165) is 22.3 Å². The first-order valence-corrected chi connectivity index (χ1v) is 10.2. The van der Waals surface area contributed by atoms with Gasteiger partial charge in [0.2, 0.25) is 15.9 Å². The molecule has 2 aromatic rings. The lowest BCUT2D eigenvalue weighted by Gasteiger charge is -2.10. The van der Waals surface area contributed by atoms with E-state index in [1.165, 1.54) is 12.1 Å². The molecule has 0 saturated carbocycles. The van der Waals surface area contributed by atoms with Crippen molar-refractivity contribution in [1.29, 1.82) is 0 Å². The fraction of sp³-hybridized carbons (Fsp3) is 0.300. The van der Waals surface area contributed by atoms with Crippen LogP contribution in [-0.4, -0.2) is 33.4 Å². The highest BCUT2D eigenvalue weighted by Crippen LogP contribution is 2.12. The number of sulfonamides is 1. The second-order valence-electron chi connectivity index (χ2n) is 6.50. The minimum atomic E-state index is -3.79. The standard InChI is InChI=1S/C20H24N2O5S/c1-14-5-8-18(9-6-14)28(25,26)22-11-19(23)21-12-20(24)27-13-17-10-15(2)4-7-16(17)3/h4-10,22H,11-13H2,1-3H3,(H,21,23). The molecule has 2 rings (SSSR count). The maximum Gasteiger partial charge on any atom is 0.325 e. The van der Waals surface area contributed by atoms with E-state index in [4.69, 9.17) is 4.74 Å². The van der Waals surface area contributed by atoms with Gasteiger partial charge >= 0.3 is 5.97 Å². The van der Waals surface area contributed by atoms with Gasteiger partial charge in [-0.15, -0.1) is 0 Å². The van der Waals surface area contributed by atoms with Crippen LogP contribution in [0.5, 0.6) is 0 Å². The fourth-order valence-electron chi connectivity index (χ4n) is 2.36. The number of rotatable bonds is 8. The molecule has 0 bridgehead atoms. The Hall–Kier alpha value is -2.71. The third kappa shape index (κ3) is 6.47. The maximum absolute atomic E-state index is 12.1. The van der Waals surface area contributed by atoms with Crippen molar-refractivity contribution in [1.82, 2.24) is 10.0 Å². The molecule has 0 aliphatic rings. The Morgan fingerprint density at radius 1 is 0.929 bits per heavy atom. The third-order valence-electron chi connectivity index (χ3n) is 4.08. The maximum atomic E-state index is 12.1. The molecular weight excluding hydrogens is 380 g/mol. The summed E-state index contributed by atoms with van der Waals surface area (Å²) in [5, 5.41) is 2.34. The summed E-state index contributed by atoms with van der Waals surface area (Å²) in [4.78, 5) is 23.7. The van der Waals surface area contributed by atoms with Gasteiger partial charge in [-0.1, -0.05) is 41.5 Å². The summed E-state index contributed by atoms with van der Waals surface area (Å²) in [6, 6.07) is 12.1. The SMILES string of the molecule is Cc1ccc(S(=O)(=O)NCC(=O)NCC(=O)OCc2cc(C)ccc2C)cc1. The molecule has 28 heavy (non-hydrogen) atoms. The molecule has 2 N–H and O–H groups in total. The van der Waals surface area contributed by atoms with Crippen LogP contribution in [0.25, 0.3) is 0 Å². The Morgan fingerprint density at radius 3 is 2.25 bits per heavy atom. The summed E-state index contributed by atoms with van der Waals surface area (Å²) in [5.74, 6) is -1.23. The van der Waals surface area contributed by atoms with Crippen LogP contribution < -0.4 is 10.0 Å². The molecule has 8 heteroatoms. The predicted octanol–water partition coefficient (Wildman–Crippen LogP) is 1.75. The topological polar surface area (TPSA) is 102 Å². The predicted molar refractivity (Wildman–Crippen MR) is 105 cm³/mol. The minimum Gasteiger partial charge on any atom is -0.459 e. The van der Waals surface area contributed by atoms with Crippen LogP contribution >= 0.6 is 0 Å². The molecular formula is C20H24N2O5S. The van der Waals surface area contributed by atoms with E-state index in [0.29, 0.717) is 0 Å². The number of nitrogens with one attached hydrogen (secondary N) is 2. The Morgan fingerprint density at radius 2 is 1.57 bits per heavy atom. The Balaban J connectivity index is 1.76. The first-order chi connectivity index (χ1) is 13.2. The van der Waals surface area contributed by atoms with Crippen LogP contribution in [0, 0.1) is 20.8 Å². The van der Waals surface area contributed by atoms with Crippen molar-refractivity contribution >= 4 is 21.9 Å². The molecule has 2 aromatic carbocycles. The number of hydrogen-bond donors (Lipinski definition) is 2. The molecule has 0 aliphatic carbocycles. The van der Waals surface area contributed by atoms with Crippen LogP contribution in [0.2, 0.25) is 0 Å². The largest absolute Gasteiger partial charge is 0.459 e. The zero-order chi connectivity index (χ0) is 20.7. The van der Waals surface area contributed by atoms with Crippen molar-refractivity contribution in [2.45, 2.75) is 32.3 Å². The van der Waals surface area contributed by atoms with E-state index in [1.54, 1.807) is 12.1 Å². The lowest BCUT2D eigenvalue weighted by molar-refractivity contribution is -0.145. The van der Waals surface area contributed by atoms with Crippen molar-refractivity contribution in [3.8, 4) is 0 Å². The van der Waals surface area contributed by atoms with E-state index in [1.807, 2.05) is 39.0 Å². The summed E-state index contributed by atoms with van der Waals surface area (Å²) in [6.07, 6.45) is 0. The van der Waals surface area contributed by atoms with Gasteiger partial charge in [-0.3, -0.25) is 9.59 Å². The number of aryl methyl sites for hydroxylation is 3. The number of benzene rings is 2. The molecule has 0 heterocycles. The number of carbonyl (C=O) groups is 2. The van der Waals surface area contributed by atoms with Crippen molar-refractivity contribution in [2.24, 2.45) is 0 Å². The Labute approximate surface area is 165 Å². The summed E-state index contributed by atoms with van der Waals surface area (Å²) >= 11 is 0. The van der Waals surface area contributed by atoms with Crippen molar-refractivity contribution < 1.29 is 22.7 Å². The summed E-state index contributed by atoms with van der Waals surface area (Å²) in [7, 11) is -3.79. The molecule has 0 aromatic heterocycles. The molecule has 0 spiro atoms. The first kappa shape index (κ1) is 21.6. The Kier molecular flexibility index (Phi) is 7.31. The van der Waals surface area contributed by atoms with Gasteiger partial charge in [0.15, 0.2) is 0 Å². The van der Waals surface area contributed by atoms with E-state index in [-0.39, 0.29) is 18.0 Å². The van der Waals surface area contributed by atoms with Crippen molar-refractivity contribution in [3.05, 3.63) is 64.7 Å². The van der Waals surface area contributed by atoms with Crippen LogP contribution in [0.15, 0.2) is 47.4 Å². The van der Waals surface area contributed by atoms with Gasteiger partial charge in [0.1, 0.15) is 13.2 Å². The third-order valence-corrected chi connectivity index (χ3v) is 5.49. The summed E-state index contributed by atoms with van der Waals surface area (Å²) in [5.41, 5.74) is 3.89. The first-order valence-electron chi connectivity index (χ1n) is 8.72. The molecule has 0 saturated heterocycles. The fourth-order valence-corrected chi connectivity index (χ4v) is 3.34. The molecule has 7 nitrogen and oxygen atoms in total. The minimum absolute atomic E-state index is 0.0684. The number of hydrogen-bond acceptors (Lipinski definition) is 5. The van der Waals surface area contributed by atoms with Gasteiger partial charge in [0.05, 0.1) is 11.4 Å². The molecule has 0 radical (unpaired) electrons. The van der Waals surface area contributed by atoms with Gasteiger partial charge in [0, 0.05) is 0 Å². The van der Waals surface area contributed by atoms with Gasteiger partial charge in [-0.2, -0.15) is 0 Å². The molecule has 0 unspecified atom stereocenters. The highest BCUT2D eigenvalue weighted by Gasteiger charge is 2.16. The normalized spacial score (nSPS) is 11.1. The van der Waals surface area contributed by atoms with E-state index < -0.39 is 28.4 Å². The highest BCUT2D eigenvalue weighted by atomic mass is 32.2. The number of esters is 1. The monoisotopic (exact) mass is 404 g/mol. The van der Waals surface area contributed by atoms with E-state index >= 15 is 0 Å². The second-order valence-corrected chi connectivity index (χ2v) is 8.27. The summed E-state index contributed by atoms with van der Waals surface area (Å²) < 4.78 is 31.6. The van der Waals surface area contributed by atoms with Crippen LogP contribution in [0.1, 0.15) is 22.3 Å². The molecule has 1 amide bonds. The van der Waals surface area contributed by atoms with Gasteiger partial charge in [-0.05, 0) is 44.0 Å². The quantitative estimate of drug-likeness (QED) is 0.653. The van der Waals surface area contributed by atoms with Crippen molar-refractivity contribution in [2.75, 3.05) is 13.1 Å².